The molecule has 0 radical (unpaired) electrons. The zero-order chi connectivity index (χ0) is 16.7. The summed E-state index contributed by atoms with van der Waals surface area (Å²) in [4.78, 5) is 11.2. The lowest BCUT2D eigenvalue weighted by molar-refractivity contribution is -0.118. The van der Waals surface area contributed by atoms with Crippen LogP contribution in [0.4, 0.5) is 11.4 Å². The van der Waals surface area contributed by atoms with Crippen LogP contribution in [0, 0.1) is 5.92 Å². The van der Waals surface area contributed by atoms with Gasteiger partial charge in [-0.15, -0.1) is 0 Å². The molecule has 1 aromatic heterocycles. The maximum Gasteiger partial charge on any atom is 0.250 e. The Bertz CT molecular complexity index is 635. The van der Waals surface area contributed by atoms with Crippen LogP contribution in [-0.2, 0) is 17.9 Å². The second kappa shape index (κ2) is 8.39. The highest BCUT2D eigenvalue weighted by Gasteiger charge is 2.04. The minimum Gasteiger partial charge on any atom is -0.387 e. The van der Waals surface area contributed by atoms with Crippen molar-refractivity contribution in [3.05, 3.63) is 48.3 Å². The summed E-state index contributed by atoms with van der Waals surface area (Å²) >= 11 is 0. The molecule has 124 valence electrons. The maximum absolute atomic E-state index is 11.2. The first kappa shape index (κ1) is 17.1. The van der Waals surface area contributed by atoms with E-state index in [1.807, 2.05) is 18.2 Å². The molecule has 3 N–H and O–H groups in total. The van der Waals surface area contributed by atoms with E-state index in [-0.39, 0.29) is 0 Å². The van der Waals surface area contributed by atoms with E-state index in [4.69, 9.17) is 5.11 Å². The molecular formula is C18H25N3O2. The molecule has 0 spiro atoms. The van der Waals surface area contributed by atoms with Crippen molar-refractivity contribution in [2.24, 2.45) is 5.92 Å². The molecule has 0 fully saturated rings. The number of carbonyl (C=O) groups excluding carboxylic acids is 1. The molecule has 0 saturated carbocycles. The molecular weight excluding hydrogens is 290 g/mol. The average molecular weight is 315 g/mol. The number of nitrogens with one attached hydrogen (secondary N) is 2. The molecule has 23 heavy (non-hydrogen) atoms. The standard InChI is InChI=1S/C18H25N3O2/c1-14(2)8-10-21-9-4-7-17(21)12-19-15-5-3-6-16(11-15)20-18(23)13-22/h3-7,9,11,14,19,22H,8,10,12-13H2,1-2H3,(H,20,23). The summed E-state index contributed by atoms with van der Waals surface area (Å²) in [5.74, 6) is 0.273. The summed E-state index contributed by atoms with van der Waals surface area (Å²) < 4.78 is 2.27. The lowest BCUT2D eigenvalue weighted by atomic mass is 10.1. The predicted molar refractivity (Wildman–Crippen MR) is 93.4 cm³/mol. The first-order valence-corrected chi connectivity index (χ1v) is 7.97. The normalized spacial score (nSPS) is 10.8. The van der Waals surface area contributed by atoms with Crippen molar-refractivity contribution in [1.82, 2.24) is 4.57 Å². The number of nitrogens with zero attached hydrogens (tertiary/aromatic N) is 1. The van der Waals surface area contributed by atoms with Gasteiger partial charge in [-0.3, -0.25) is 4.79 Å². The van der Waals surface area contributed by atoms with E-state index in [1.165, 1.54) is 5.69 Å². The zero-order valence-electron chi connectivity index (χ0n) is 13.7. The fourth-order valence-electron chi connectivity index (χ4n) is 2.33. The van der Waals surface area contributed by atoms with Crippen LogP contribution < -0.4 is 10.6 Å². The van der Waals surface area contributed by atoms with E-state index in [1.54, 1.807) is 6.07 Å². The topological polar surface area (TPSA) is 66.3 Å². The molecule has 2 aromatic rings. The molecule has 0 unspecified atom stereocenters. The predicted octanol–water partition coefficient (Wildman–Crippen LogP) is 3.08. The smallest absolute Gasteiger partial charge is 0.250 e. The van der Waals surface area contributed by atoms with Crippen molar-refractivity contribution < 1.29 is 9.90 Å². The third kappa shape index (κ3) is 5.45. The van der Waals surface area contributed by atoms with Crippen LogP contribution in [0.3, 0.4) is 0 Å². The van der Waals surface area contributed by atoms with E-state index < -0.39 is 12.5 Å². The molecule has 5 nitrogen and oxygen atoms in total. The van der Waals surface area contributed by atoms with Gasteiger partial charge in [-0.05, 0) is 42.7 Å². The highest BCUT2D eigenvalue weighted by atomic mass is 16.3. The Morgan fingerprint density at radius 1 is 1.22 bits per heavy atom. The summed E-state index contributed by atoms with van der Waals surface area (Å²) in [5, 5.41) is 14.8. The Balaban J connectivity index is 1.94. The second-order valence-corrected chi connectivity index (χ2v) is 6.02. The van der Waals surface area contributed by atoms with Crippen LogP contribution >= 0.6 is 0 Å². The molecule has 1 heterocycles. The number of aliphatic hydroxyl groups is 1. The van der Waals surface area contributed by atoms with Crippen molar-refractivity contribution in [2.45, 2.75) is 33.4 Å². The van der Waals surface area contributed by atoms with E-state index in [0.717, 1.165) is 25.2 Å². The van der Waals surface area contributed by atoms with E-state index in [9.17, 15) is 4.79 Å². The third-order valence-corrected chi connectivity index (χ3v) is 3.63. The van der Waals surface area contributed by atoms with E-state index >= 15 is 0 Å². The van der Waals surface area contributed by atoms with Gasteiger partial charge in [-0.25, -0.2) is 0 Å². The highest BCUT2D eigenvalue weighted by molar-refractivity contribution is 5.91. The molecule has 0 aliphatic rings. The Hall–Kier alpha value is -2.27. The summed E-state index contributed by atoms with van der Waals surface area (Å²) in [5.41, 5.74) is 2.83. The Labute approximate surface area is 137 Å². The first-order chi connectivity index (χ1) is 11.1. The lowest BCUT2D eigenvalue weighted by Crippen LogP contribution is -2.15. The van der Waals surface area contributed by atoms with Crippen LogP contribution in [0.25, 0.3) is 0 Å². The van der Waals surface area contributed by atoms with Crippen molar-refractivity contribution in [3.63, 3.8) is 0 Å². The number of aromatic nitrogens is 1. The molecule has 0 atom stereocenters. The number of hydrogen-bond donors (Lipinski definition) is 3. The summed E-state index contributed by atoms with van der Waals surface area (Å²) in [6, 6.07) is 11.7. The zero-order valence-corrected chi connectivity index (χ0v) is 13.7. The van der Waals surface area contributed by atoms with Crippen LogP contribution in [0.1, 0.15) is 26.0 Å². The molecule has 0 aliphatic carbocycles. The average Bonchev–Trinajstić information content (AvgIpc) is 2.98. The van der Waals surface area contributed by atoms with E-state index in [0.29, 0.717) is 11.6 Å². The Kier molecular flexibility index (Phi) is 6.23. The summed E-state index contributed by atoms with van der Waals surface area (Å²) in [7, 11) is 0. The molecule has 2 rings (SSSR count). The number of aliphatic hydroxyl groups excluding tert-OH is 1. The Morgan fingerprint density at radius 2 is 2.00 bits per heavy atom. The molecule has 5 heteroatoms. The van der Waals surface area contributed by atoms with Gasteiger partial charge >= 0.3 is 0 Å². The van der Waals surface area contributed by atoms with Gasteiger partial charge in [-0.2, -0.15) is 0 Å². The number of hydrogen-bond acceptors (Lipinski definition) is 3. The second-order valence-electron chi connectivity index (χ2n) is 6.02. The number of benzene rings is 1. The van der Waals surface area contributed by atoms with Gasteiger partial charge in [0.15, 0.2) is 0 Å². The quantitative estimate of drug-likeness (QED) is 0.701. The van der Waals surface area contributed by atoms with Crippen LogP contribution in [0.2, 0.25) is 0 Å². The molecule has 0 aliphatic heterocycles. The number of aryl methyl sites for hydroxylation is 1. The van der Waals surface area contributed by atoms with Crippen LogP contribution in [-0.4, -0.2) is 22.2 Å². The SMILES string of the molecule is CC(C)CCn1cccc1CNc1cccc(NC(=O)CO)c1. The largest absolute Gasteiger partial charge is 0.387 e. The first-order valence-electron chi connectivity index (χ1n) is 7.97. The summed E-state index contributed by atoms with van der Waals surface area (Å²) in [6.45, 7) is 5.69. The fraction of sp³-hybridized carbons (Fsp3) is 0.389. The minimum absolute atomic E-state index is 0.412. The maximum atomic E-state index is 11.2. The molecule has 0 saturated heterocycles. The van der Waals surface area contributed by atoms with E-state index in [2.05, 4.69) is 47.4 Å². The highest BCUT2D eigenvalue weighted by Crippen LogP contribution is 2.16. The van der Waals surface area contributed by atoms with Crippen molar-refractivity contribution in [1.29, 1.82) is 0 Å². The molecule has 0 bridgehead atoms. The van der Waals surface area contributed by atoms with Gasteiger partial charge in [0.05, 0.1) is 6.54 Å². The van der Waals surface area contributed by atoms with Gasteiger partial charge < -0.3 is 20.3 Å². The lowest BCUT2D eigenvalue weighted by Gasteiger charge is -2.13. The van der Waals surface area contributed by atoms with Gasteiger partial charge in [0, 0.05) is 29.8 Å². The van der Waals surface area contributed by atoms with Crippen molar-refractivity contribution in [3.8, 4) is 0 Å². The van der Waals surface area contributed by atoms with Crippen molar-refractivity contribution >= 4 is 17.3 Å². The Morgan fingerprint density at radius 3 is 2.74 bits per heavy atom. The van der Waals surface area contributed by atoms with Crippen LogP contribution in [0.15, 0.2) is 42.6 Å². The number of carbonyl (C=O) groups is 1. The van der Waals surface area contributed by atoms with Crippen LogP contribution in [0.5, 0.6) is 0 Å². The fourth-order valence-corrected chi connectivity index (χ4v) is 2.33. The molecule has 1 amide bonds. The minimum atomic E-state index is -0.513. The number of anilines is 2. The third-order valence-electron chi connectivity index (χ3n) is 3.63. The van der Waals surface area contributed by atoms with Crippen molar-refractivity contribution in [2.75, 3.05) is 17.2 Å². The summed E-state index contributed by atoms with van der Waals surface area (Å²) in [6.07, 6.45) is 3.27. The molecule has 1 aromatic carbocycles. The van der Waals surface area contributed by atoms with Gasteiger partial charge in [-0.1, -0.05) is 19.9 Å². The monoisotopic (exact) mass is 315 g/mol. The van der Waals surface area contributed by atoms with Gasteiger partial charge in [0.1, 0.15) is 6.61 Å². The van der Waals surface area contributed by atoms with Gasteiger partial charge in [0.25, 0.3) is 0 Å². The van der Waals surface area contributed by atoms with Gasteiger partial charge in [0.2, 0.25) is 5.91 Å². The number of rotatable bonds is 8. The number of amides is 1.